The smallest absolute Gasteiger partial charge is 0.142 e. The lowest BCUT2D eigenvalue weighted by Crippen LogP contribution is -2.24. The van der Waals surface area contributed by atoms with E-state index in [4.69, 9.17) is 4.74 Å². The van der Waals surface area contributed by atoms with Crippen molar-refractivity contribution in [2.45, 2.75) is 52.1 Å². The van der Waals surface area contributed by atoms with Crippen molar-refractivity contribution in [1.82, 2.24) is 5.32 Å². The summed E-state index contributed by atoms with van der Waals surface area (Å²) < 4.78 is 5.60. The fourth-order valence-electron chi connectivity index (χ4n) is 2.44. The van der Waals surface area contributed by atoms with Gasteiger partial charge in [-0.3, -0.25) is 0 Å². The van der Waals surface area contributed by atoms with Crippen molar-refractivity contribution in [2.24, 2.45) is 0 Å². The van der Waals surface area contributed by atoms with Gasteiger partial charge in [-0.25, -0.2) is 0 Å². The van der Waals surface area contributed by atoms with Crippen molar-refractivity contribution in [1.29, 1.82) is 0 Å². The number of methoxy groups -OCH3 is 1. The maximum atomic E-state index is 5.60. The molecule has 0 aliphatic heterocycles. The number of nitrogens with zero attached hydrogens (tertiary/aromatic N) is 1. The van der Waals surface area contributed by atoms with Crippen molar-refractivity contribution >= 4 is 5.69 Å². The number of nitrogens with one attached hydrogen (secondary N) is 1. The normalized spacial score (nSPS) is 14.3. The van der Waals surface area contributed by atoms with Crippen LogP contribution in [0, 0.1) is 0 Å². The minimum atomic E-state index is 0.748. The lowest BCUT2D eigenvalue weighted by atomic mass is 10.1. The van der Waals surface area contributed by atoms with Gasteiger partial charge in [-0.2, -0.15) is 0 Å². The van der Waals surface area contributed by atoms with Crippen LogP contribution in [0.3, 0.4) is 0 Å². The molecular weight excluding hydrogens is 248 g/mol. The Balaban J connectivity index is 2.06. The van der Waals surface area contributed by atoms with Crippen LogP contribution >= 0.6 is 0 Å². The van der Waals surface area contributed by atoms with E-state index in [0.29, 0.717) is 0 Å². The third kappa shape index (κ3) is 4.14. The van der Waals surface area contributed by atoms with E-state index in [1.807, 2.05) is 0 Å². The van der Waals surface area contributed by atoms with E-state index >= 15 is 0 Å². The lowest BCUT2D eigenvalue weighted by molar-refractivity contribution is 0.413. The molecule has 0 aromatic heterocycles. The first-order valence-corrected chi connectivity index (χ1v) is 7.93. The number of hydrogen-bond donors (Lipinski definition) is 1. The number of rotatable bonds is 9. The van der Waals surface area contributed by atoms with Gasteiger partial charge >= 0.3 is 0 Å². The lowest BCUT2D eigenvalue weighted by Gasteiger charge is -2.25. The summed E-state index contributed by atoms with van der Waals surface area (Å²) in [5.74, 6) is 0.998. The Morgan fingerprint density at radius 3 is 2.70 bits per heavy atom. The quantitative estimate of drug-likeness (QED) is 0.746. The Kier molecular flexibility index (Phi) is 5.72. The van der Waals surface area contributed by atoms with E-state index in [2.05, 4.69) is 42.3 Å². The first-order valence-electron chi connectivity index (χ1n) is 7.93. The summed E-state index contributed by atoms with van der Waals surface area (Å²) in [5.41, 5.74) is 2.53. The fourth-order valence-corrected chi connectivity index (χ4v) is 2.44. The number of hydrogen-bond acceptors (Lipinski definition) is 3. The van der Waals surface area contributed by atoms with Crippen LogP contribution in [0.15, 0.2) is 18.2 Å². The maximum Gasteiger partial charge on any atom is 0.142 e. The molecule has 0 heterocycles. The predicted molar refractivity (Wildman–Crippen MR) is 85.7 cm³/mol. The van der Waals surface area contributed by atoms with Crippen LogP contribution in [0.2, 0.25) is 0 Å². The van der Waals surface area contributed by atoms with Crippen LogP contribution in [0.25, 0.3) is 0 Å². The Morgan fingerprint density at radius 2 is 2.10 bits per heavy atom. The molecule has 3 nitrogen and oxygen atoms in total. The maximum absolute atomic E-state index is 5.60. The van der Waals surface area contributed by atoms with E-state index in [1.165, 1.54) is 36.9 Å². The number of ether oxygens (including phenoxy) is 1. The van der Waals surface area contributed by atoms with Crippen molar-refractivity contribution in [3.8, 4) is 5.75 Å². The van der Waals surface area contributed by atoms with Gasteiger partial charge in [-0.15, -0.1) is 0 Å². The molecule has 0 unspecified atom stereocenters. The summed E-state index contributed by atoms with van der Waals surface area (Å²) >= 11 is 0. The average molecular weight is 276 g/mol. The molecule has 0 spiro atoms. The van der Waals surface area contributed by atoms with E-state index in [1.54, 1.807) is 7.11 Å². The molecule has 1 N–H and O–H groups in total. The van der Waals surface area contributed by atoms with Gasteiger partial charge in [0.25, 0.3) is 0 Å². The third-order valence-electron chi connectivity index (χ3n) is 3.92. The van der Waals surface area contributed by atoms with E-state index in [9.17, 15) is 0 Å². The highest BCUT2D eigenvalue weighted by atomic mass is 16.5. The molecule has 1 saturated carbocycles. The molecule has 0 radical (unpaired) electrons. The summed E-state index contributed by atoms with van der Waals surface area (Å²) in [6.07, 6.45) is 5.11. The molecule has 2 rings (SSSR count). The third-order valence-corrected chi connectivity index (χ3v) is 3.92. The van der Waals surface area contributed by atoms with Crippen LogP contribution in [-0.2, 0) is 6.54 Å². The molecule has 0 saturated heterocycles. The molecule has 112 valence electrons. The van der Waals surface area contributed by atoms with E-state index in [0.717, 1.165) is 31.4 Å². The Bertz CT molecular complexity index is 415. The van der Waals surface area contributed by atoms with Crippen LogP contribution in [0.4, 0.5) is 5.69 Å². The average Bonchev–Trinajstić information content (AvgIpc) is 3.30. The zero-order valence-corrected chi connectivity index (χ0v) is 13.1. The van der Waals surface area contributed by atoms with Crippen molar-refractivity contribution < 1.29 is 4.74 Å². The summed E-state index contributed by atoms with van der Waals surface area (Å²) in [4.78, 5) is 2.40. The van der Waals surface area contributed by atoms with Gasteiger partial charge in [0, 0.05) is 25.7 Å². The van der Waals surface area contributed by atoms with Gasteiger partial charge < -0.3 is 15.0 Å². The summed E-state index contributed by atoms with van der Waals surface area (Å²) in [6, 6.07) is 7.36. The molecule has 3 heteroatoms. The SMILES string of the molecule is CCCCN(CC)c1ccc(CNC2CC2)cc1OC. The first-order chi connectivity index (χ1) is 9.78. The van der Waals surface area contributed by atoms with Crippen LogP contribution < -0.4 is 15.0 Å². The molecule has 1 aliphatic rings. The minimum Gasteiger partial charge on any atom is -0.495 e. The molecule has 20 heavy (non-hydrogen) atoms. The zero-order chi connectivity index (χ0) is 14.4. The highest BCUT2D eigenvalue weighted by Crippen LogP contribution is 2.30. The molecule has 1 aromatic carbocycles. The van der Waals surface area contributed by atoms with E-state index < -0.39 is 0 Å². The predicted octanol–water partition coefficient (Wildman–Crippen LogP) is 3.57. The summed E-state index contributed by atoms with van der Waals surface area (Å²) in [7, 11) is 1.77. The fraction of sp³-hybridized carbons (Fsp3) is 0.647. The molecule has 1 aliphatic carbocycles. The van der Waals surface area contributed by atoms with Gasteiger partial charge in [-0.05, 0) is 43.9 Å². The minimum absolute atomic E-state index is 0.748. The van der Waals surface area contributed by atoms with Crippen molar-refractivity contribution in [3.05, 3.63) is 23.8 Å². The Hall–Kier alpha value is -1.22. The second-order valence-corrected chi connectivity index (χ2v) is 5.59. The van der Waals surface area contributed by atoms with E-state index in [-0.39, 0.29) is 0 Å². The second-order valence-electron chi connectivity index (χ2n) is 5.59. The molecule has 1 fully saturated rings. The number of anilines is 1. The van der Waals surface area contributed by atoms with Crippen molar-refractivity contribution in [3.63, 3.8) is 0 Å². The Morgan fingerprint density at radius 1 is 1.30 bits per heavy atom. The number of benzene rings is 1. The second kappa shape index (κ2) is 7.53. The molecule has 0 amide bonds. The number of unbranched alkanes of at least 4 members (excludes halogenated alkanes) is 1. The standard InChI is InChI=1S/C17H28N2O/c1-4-6-11-19(5-2)16-10-7-14(12-17(16)20-3)13-18-15-8-9-15/h7,10,12,15,18H,4-6,8-9,11,13H2,1-3H3. The summed E-state index contributed by atoms with van der Waals surface area (Å²) in [6.45, 7) is 7.51. The molecule has 0 atom stereocenters. The summed E-state index contributed by atoms with van der Waals surface area (Å²) in [5, 5.41) is 3.55. The zero-order valence-electron chi connectivity index (χ0n) is 13.1. The Labute approximate surface area is 123 Å². The largest absolute Gasteiger partial charge is 0.495 e. The molecular formula is C17H28N2O. The first kappa shape index (κ1) is 15.2. The molecule has 1 aromatic rings. The van der Waals surface area contributed by atoms with Gasteiger partial charge in [0.2, 0.25) is 0 Å². The highest BCUT2D eigenvalue weighted by Gasteiger charge is 2.20. The van der Waals surface area contributed by atoms with Gasteiger partial charge in [0.1, 0.15) is 5.75 Å². The van der Waals surface area contributed by atoms with Gasteiger partial charge in [-0.1, -0.05) is 19.4 Å². The molecule has 0 bridgehead atoms. The monoisotopic (exact) mass is 276 g/mol. The highest BCUT2D eigenvalue weighted by molar-refractivity contribution is 5.59. The van der Waals surface area contributed by atoms with Crippen LogP contribution in [-0.4, -0.2) is 26.2 Å². The van der Waals surface area contributed by atoms with Crippen LogP contribution in [0.5, 0.6) is 5.75 Å². The van der Waals surface area contributed by atoms with Gasteiger partial charge in [0.05, 0.1) is 12.8 Å². The van der Waals surface area contributed by atoms with Crippen LogP contribution in [0.1, 0.15) is 45.1 Å². The van der Waals surface area contributed by atoms with Gasteiger partial charge in [0.15, 0.2) is 0 Å². The van der Waals surface area contributed by atoms with Crippen molar-refractivity contribution in [2.75, 3.05) is 25.1 Å². The topological polar surface area (TPSA) is 24.5 Å².